The topological polar surface area (TPSA) is 55.0 Å². The molecule has 0 amide bonds. The third kappa shape index (κ3) is 3.22. The normalized spacial score (nSPS) is 10.7. The molecular formula is C15H20N4. The second-order valence-corrected chi connectivity index (χ2v) is 4.93. The molecule has 0 bridgehead atoms. The summed E-state index contributed by atoms with van der Waals surface area (Å²) in [6.45, 7) is 7.07. The quantitative estimate of drug-likeness (QED) is 0.855. The standard InChI is InChI=1S/C15H20N4/c1-11(2)19(15-12(3)17-7-8-18-15)10-13-5-4-6-14(16)9-13/h4-9,11H,10,16H2,1-3H3. The molecule has 2 rings (SSSR count). The second-order valence-electron chi connectivity index (χ2n) is 4.93. The fraction of sp³-hybridized carbons (Fsp3) is 0.333. The lowest BCUT2D eigenvalue weighted by molar-refractivity contribution is 0.667. The molecule has 0 fully saturated rings. The summed E-state index contributed by atoms with van der Waals surface area (Å²) in [5.74, 6) is 0.930. The van der Waals surface area contributed by atoms with Crippen LogP contribution in [0.4, 0.5) is 11.5 Å². The van der Waals surface area contributed by atoms with E-state index in [0.29, 0.717) is 6.04 Å². The Kier molecular flexibility index (Phi) is 4.00. The number of aryl methyl sites for hydroxylation is 1. The number of aromatic nitrogens is 2. The summed E-state index contributed by atoms with van der Waals surface area (Å²) >= 11 is 0. The number of hydrogen-bond donors (Lipinski definition) is 1. The van der Waals surface area contributed by atoms with Gasteiger partial charge < -0.3 is 10.6 Å². The molecule has 0 radical (unpaired) electrons. The Morgan fingerprint density at radius 1 is 1.21 bits per heavy atom. The van der Waals surface area contributed by atoms with Gasteiger partial charge in [0, 0.05) is 30.7 Å². The molecule has 0 spiro atoms. The summed E-state index contributed by atoms with van der Waals surface area (Å²) in [6.07, 6.45) is 3.45. The van der Waals surface area contributed by atoms with E-state index in [9.17, 15) is 0 Å². The van der Waals surface area contributed by atoms with Crippen molar-refractivity contribution in [3.63, 3.8) is 0 Å². The predicted molar refractivity (Wildman–Crippen MR) is 78.9 cm³/mol. The van der Waals surface area contributed by atoms with E-state index in [-0.39, 0.29) is 0 Å². The van der Waals surface area contributed by atoms with E-state index in [4.69, 9.17) is 5.73 Å². The van der Waals surface area contributed by atoms with Crippen LogP contribution in [0.3, 0.4) is 0 Å². The zero-order chi connectivity index (χ0) is 13.8. The number of anilines is 2. The monoisotopic (exact) mass is 256 g/mol. The minimum atomic E-state index is 0.344. The van der Waals surface area contributed by atoms with Gasteiger partial charge in [-0.3, -0.25) is 4.98 Å². The van der Waals surface area contributed by atoms with E-state index >= 15 is 0 Å². The Bertz CT molecular complexity index is 551. The number of rotatable bonds is 4. The van der Waals surface area contributed by atoms with Gasteiger partial charge in [0.05, 0.1) is 5.69 Å². The van der Waals surface area contributed by atoms with E-state index in [1.54, 1.807) is 12.4 Å². The number of nitrogen functional groups attached to an aromatic ring is 1. The third-order valence-corrected chi connectivity index (χ3v) is 3.05. The number of nitrogens with zero attached hydrogens (tertiary/aromatic N) is 3. The molecule has 4 heteroatoms. The van der Waals surface area contributed by atoms with Gasteiger partial charge in [-0.05, 0) is 38.5 Å². The van der Waals surface area contributed by atoms with Crippen molar-refractivity contribution < 1.29 is 0 Å². The molecule has 100 valence electrons. The van der Waals surface area contributed by atoms with E-state index in [1.807, 2.05) is 25.1 Å². The number of nitrogens with two attached hydrogens (primary N) is 1. The van der Waals surface area contributed by atoms with Gasteiger partial charge in [-0.15, -0.1) is 0 Å². The van der Waals surface area contributed by atoms with Crippen molar-refractivity contribution in [2.45, 2.75) is 33.4 Å². The smallest absolute Gasteiger partial charge is 0.150 e. The summed E-state index contributed by atoms with van der Waals surface area (Å²) in [4.78, 5) is 11.0. The summed E-state index contributed by atoms with van der Waals surface area (Å²) in [7, 11) is 0. The lowest BCUT2D eigenvalue weighted by Gasteiger charge is -2.28. The minimum Gasteiger partial charge on any atom is -0.399 e. The van der Waals surface area contributed by atoms with E-state index in [1.165, 1.54) is 5.56 Å². The first-order valence-corrected chi connectivity index (χ1v) is 6.46. The van der Waals surface area contributed by atoms with Crippen LogP contribution in [-0.2, 0) is 6.54 Å². The van der Waals surface area contributed by atoms with Crippen LogP contribution >= 0.6 is 0 Å². The Morgan fingerprint density at radius 2 is 1.95 bits per heavy atom. The van der Waals surface area contributed by atoms with Gasteiger partial charge in [0.2, 0.25) is 0 Å². The zero-order valence-corrected chi connectivity index (χ0v) is 11.7. The maximum absolute atomic E-state index is 5.83. The number of benzene rings is 1. The highest BCUT2D eigenvalue weighted by Crippen LogP contribution is 2.20. The average Bonchev–Trinajstić information content (AvgIpc) is 2.37. The molecule has 1 aromatic heterocycles. The van der Waals surface area contributed by atoms with E-state index < -0.39 is 0 Å². The molecule has 0 unspecified atom stereocenters. The van der Waals surface area contributed by atoms with Crippen LogP contribution in [-0.4, -0.2) is 16.0 Å². The van der Waals surface area contributed by atoms with Crippen LogP contribution in [0.25, 0.3) is 0 Å². The molecule has 0 atom stereocenters. The van der Waals surface area contributed by atoms with Crippen molar-refractivity contribution in [1.82, 2.24) is 9.97 Å². The van der Waals surface area contributed by atoms with Crippen LogP contribution in [0.2, 0.25) is 0 Å². The molecule has 1 aromatic carbocycles. The van der Waals surface area contributed by atoms with Crippen molar-refractivity contribution >= 4 is 11.5 Å². The highest BCUT2D eigenvalue weighted by atomic mass is 15.2. The Balaban J connectivity index is 2.29. The van der Waals surface area contributed by atoms with Crippen molar-refractivity contribution in [2.24, 2.45) is 0 Å². The Labute approximate surface area is 114 Å². The van der Waals surface area contributed by atoms with Gasteiger partial charge in [0.25, 0.3) is 0 Å². The van der Waals surface area contributed by atoms with Gasteiger partial charge in [-0.1, -0.05) is 12.1 Å². The molecule has 0 saturated heterocycles. The fourth-order valence-corrected chi connectivity index (χ4v) is 2.07. The van der Waals surface area contributed by atoms with E-state index in [2.05, 4.69) is 34.8 Å². The van der Waals surface area contributed by atoms with Crippen molar-refractivity contribution in [1.29, 1.82) is 0 Å². The van der Waals surface area contributed by atoms with Crippen LogP contribution in [0.5, 0.6) is 0 Å². The van der Waals surface area contributed by atoms with Crippen molar-refractivity contribution in [3.8, 4) is 0 Å². The van der Waals surface area contributed by atoms with Gasteiger partial charge in [-0.25, -0.2) is 4.98 Å². The zero-order valence-electron chi connectivity index (χ0n) is 11.7. The maximum Gasteiger partial charge on any atom is 0.150 e. The van der Waals surface area contributed by atoms with Gasteiger partial charge >= 0.3 is 0 Å². The lowest BCUT2D eigenvalue weighted by Crippen LogP contribution is -2.31. The molecule has 2 N–H and O–H groups in total. The highest BCUT2D eigenvalue weighted by Gasteiger charge is 2.15. The lowest BCUT2D eigenvalue weighted by atomic mass is 10.1. The first-order valence-electron chi connectivity index (χ1n) is 6.46. The summed E-state index contributed by atoms with van der Waals surface area (Å²) < 4.78 is 0. The molecule has 0 saturated carbocycles. The molecule has 0 aliphatic rings. The van der Waals surface area contributed by atoms with Gasteiger partial charge in [0.1, 0.15) is 0 Å². The average molecular weight is 256 g/mol. The van der Waals surface area contributed by atoms with E-state index in [0.717, 1.165) is 23.7 Å². The Morgan fingerprint density at radius 3 is 2.58 bits per heavy atom. The van der Waals surface area contributed by atoms with Crippen LogP contribution in [0.15, 0.2) is 36.7 Å². The first-order chi connectivity index (χ1) is 9.08. The molecule has 19 heavy (non-hydrogen) atoms. The minimum absolute atomic E-state index is 0.344. The van der Waals surface area contributed by atoms with Crippen LogP contribution in [0, 0.1) is 6.92 Å². The fourth-order valence-electron chi connectivity index (χ4n) is 2.07. The SMILES string of the molecule is Cc1nccnc1N(Cc1cccc(N)c1)C(C)C. The first kappa shape index (κ1) is 13.3. The second kappa shape index (κ2) is 5.69. The van der Waals surface area contributed by atoms with Gasteiger partial charge in [0.15, 0.2) is 5.82 Å². The molecular weight excluding hydrogens is 236 g/mol. The van der Waals surface area contributed by atoms with Gasteiger partial charge in [-0.2, -0.15) is 0 Å². The van der Waals surface area contributed by atoms with Crippen LogP contribution < -0.4 is 10.6 Å². The van der Waals surface area contributed by atoms with Crippen molar-refractivity contribution in [2.75, 3.05) is 10.6 Å². The number of hydrogen-bond acceptors (Lipinski definition) is 4. The highest BCUT2D eigenvalue weighted by molar-refractivity contribution is 5.46. The Hall–Kier alpha value is -2.10. The maximum atomic E-state index is 5.83. The van der Waals surface area contributed by atoms with Crippen molar-refractivity contribution in [3.05, 3.63) is 47.9 Å². The third-order valence-electron chi connectivity index (χ3n) is 3.05. The molecule has 4 nitrogen and oxygen atoms in total. The largest absolute Gasteiger partial charge is 0.399 e. The molecule has 0 aliphatic carbocycles. The summed E-state index contributed by atoms with van der Waals surface area (Å²) in [5, 5.41) is 0. The summed E-state index contributed by atoms with van der Waals surface area (Å²) in [6, 6.07) is 8.30. The molecule has 0 aliphatic heterocycles. The summed E-state index contributed by atoms with van der Waals surface area (Å²) in [5.41, 5.74) is 8.75. The molecule has 2 aromatic rings. The van der Waals surface area contributed by atoms with Crippen LogP contribution in [0.1, 0.15) is 25.1 Å². The molecule has 1 heterocycles. The predicted octanol–water partition coefficient (Wildman–Crippen LogP) is 2.78.